The highest BCUT2D eigenvalue weighted by Gasteiger charge is 2.27. The molecule has 1 fully saturated rings. The zero-order valence-electron chi connectivity index (χ0n) is 9.10. The van der Waals surface area contributed by atoms with Gasteiger partial charge in [0.2, 0.25) is 5.91 Å². The van der Waals surface area contributed by atoms with Gasteiger partial charge in [0.05, 0.1) is 10.0 Å². The lowest BCUT2D eigenvalue weighted by Gasteiger charge is -2.11. The molecule has 0 bridgehead atoms. The monoisotopic (exact) mass is 318 g/mol. The Morgan fingerprint density at radius 1 is 1.44 bits per heavy atom. The van der Waals surface area contributed by atoms with Crippen LogP contribution in [0, 0.1) is 11.6 Å². The molecule has 1 aliphatic rings. The maximum atomic E-state index is 13.6. The second-order valence-corrected chi connectivity index (χ2v) is 4.71. The van der Waals surface area contributed by atoms with Gasteiger partial charge in [0.25, 0.3) is 5.91 Å². The molecular formula is C11H9BrF2N2O2. The highest BCUT2D eigenvalue weighted by Crippen LogP contribution is 2.21. The van der Waals surface area contributed by atoms with Crippen molar-refractivity contribution in [1.29, 1.82) is 0 Å². The quantitative estimate of drug-likeness (QED) is 0.809. The lowest BCUT2D eigenvalue weighted by Crippen LogP contribution is -2.40. The molecule has 1 aromatic rings. The predicted octanol–water partition coefficient (Wildman–Crippen LogP) is 1.35. The molecule has 0 saturated carbocycles. The number of rotatable bonds is 2. The molecule has 0 aliphatic carbocycles. The van der Waals surface area contributed by atoms with Crippen molar-refractivity contribution in [2.75, 3.05) is 6.54 Å². The number of hydrogen-bond donors (Lipinski definition) is 2. The van der Waals surface area contributed by atoms with Crippen LogP contribution in [0.2, 0.25) is 0 Å². The van der Waals surface area contributed by atoms with E-state index >= 15 is 0 Å². The summed E-state index contributed by atoms with van der Waals surface area (Å²) >= 11 is 2.82. The molecule has 2 amide bonds. The Hall–Kier alpha value is -1.50. The molecule has 1 atom stereocenters. The predicted molar refractivity (Wildman–Crippen MR) is 62.9 cm³/mol. The minimum Gasteiger partial charge on any atom is -0.354 e. The van der Waals surface area contributed by atoms with Gasteiger partial charge in [-0.15, -0.1) is 0 Å². The van der Waals surface area contributed by atoms with E-state index in [0.29, 0.717) is 13.0 Å². The molecule has 0 radical (unpaired) electrons. The molecule has 7 heteroatoms. The highest BCUT2D eigenvalue weighted by atomic mass is 79.9. The highest BCUT2D eigenvalue weighted by molar-refractivity contribution is 9.10. The van der Waals surface area contributed by atoms with Crippen molar-refractivity contribution in [3.8, 4) is 0 Å². The molecule has 2 rings (SSSR count). The summed E-state index contributed by atoms with van der Waals surface area (Å²) in [6.07, 6.45) is 0.433. The van der Waals surface area contributed by atoms with Crippen molar-refractivity contribution in [2.45, 2.75) is 12.5 Å². The van der Waals surface area contributed by atoms with Crippen molar-refractivity contribution in [1.82, 2.24) is 10.6 Å². The third kappa shape index (κ3) is 2.50. The van der Waals surface area contributed by atoms with Crippen LogP contribution in [-0.2, 0) is 4.79 Å². The summed E-state index contributed by atoms with van der Waals surface area (Å²) in [6.45, 7) is 0.457. The first-order valence-corrected chi connectivity index (χ1v) is 6.01. The Balaban J connectivity index is 2.21. The zero-order chi connectivity index (χ0) is 13.3. The summed E-state index contributed by atoms with van der Waals surface area (Å²) < 4.78 is 26.6. The third-order valence-corrected chi connectivity index (χ3v) is 3.17. The molecule has 1 heterocycles. The summed E-state index contributed by atoms with van der Waals surface area (Å²) in [6, 6.07) is 1.02. The Bertz CT molecular complexity index is 522. The number of halogens is 3. The summed E-state index contributed by atoms with van der Waals surface area (Å²) in [4.78, 5) is 23.0. The molecule has 96 valence electrons. The number of nitrogens with one attached hydrogen (secondary N) is 2. The summed E-state index contributed by atoms with van der Waals surface area (Å²) in [7, 11) is 0. The second-order valence-electron chi connectivity index (χ2n) is 3.85. The van der Waals surface area contributed by atoms with E-state index < -0.39 is 29.1 Å². The molecule has 18 heavy (non-hydrogen) atoms. The van der Waals surface area contributed by atoms with E-state index in [0.717, 1.165) is 12.1 Å². The van der Waals surface area contributed by atoms with Crippen molar-refractivity contribution in [2.24, 2.45) is 0 Å². The summed E-state index contributed by atoms with van der Waals surface area (Å²) in [5.74, 6) is -2.72. The van der Waals surface area contributed by atoms with E-state index in [1.807, 2.05) is 0 Å². The van der Waals surface area contributed by atoms with Gasteiger partial charge in [0, 0.05) is 6.54 Å². The van der Waals surface area contributed by atoms with Gasteiger partial charge >= 0.3 is 0 Å². The normalized spacial score (nSPS) is 18.6. The van der Waals surface area contributed by atoms with Crippen LogP contribution in [0.1, 0.15) is 16.8 Å². The average Bonchev–Trinajstić information content (AvgIpc) is 2.69. The standard InChI is InChI=1S/C11H9BrF2N2O2/c12-7-4-5(13)3-6(9(7)14)10(17)16-8-1-2-15-11(8)18/h3-4,8H,1-2H2,(H,15,18)(H,16,17)/t8-/m0/s1. The van der Waals surface area contributed by atoms with Crippen LogP contribution < -0.4 is 10.6 Å². The van der Waals surface area contributed by atoms with Gasteiger partial charge in [0.15, 0.2) is 0 Å². The first-order chi connectivity index (χ1) is 8.49. The van der Waals surface area contributed by atoms with Gasteiger partial charge in [-0.1, -0.05) is 0 Å². The summed E-state index contributed by atoms with van der Waals surface area (Å²) in [5, 5.41) is 4.89. The van der Waals surface area contributed by atoms with Crippen LogP contribution >= 0.6 is 15.9 Å². The fourth-order valence-corrected chi connectivity index (χ4v) is 2.12. The topological polar surface area (TPSA) is 58.2 Å². The van der Waals surface area contributed by atoms with E-state index in [2.05, 4.69) is 26.6 Å². The number of carbonyl (C=O) groups is 2. The van der Waals surface area contributed by atoms with Crippen molar-refractivity contribution >= 4 is 27.7 Å². The molecule has 0 aromatic heterocycles. The van der Waals surface area contributed by atoms with Crippen LogP contribution in [0.25, 0.3) is 0 Å². The third-order valence-electron chi connectivity index (χ3n) is 2.59. The largest absolute Gasteiger partial charge is 0.354 e. The first kappa shape index (κ1) is 12.9. The van der Waals surface area contributed by atoms with Crippen LogP contribution in [0.5, 0.6) is 0 Å². The maximum Gasteiger partial charge on any atom is 0.255 e. The minimum absolute atomic E-state index is 0.136. The van der Waals surface area contributed by atoms with E-state index in [9.17, 15) is 18.4 Å². The molecule has 0 unspecified atom stereocenters. The van der Waals surface area contributed by atoms with Crippen molar-refractivity contribution in [3.05, 3.63) is 33.8 Å². The number of amides is 2. The van der Waals surface area contributed by atoms with Crippen LogP contribution in [-0.4, -0.2) is 24.4 Å². The zero-order valence-corrected chi connectivity index (χ0v) is 10.7. The maximum absolute atomic E-state index is 13.6. The fourth-order valence-electron chi connectivity index (χ4n) is 1.69. The number of benzene rings is 1. The van der Waals surface area contributed by atoms with Crippen LogP contribution in [0.15, 0.2) is 16.6 Å². The van der Waals surface area contributed by atoms with E-state index in [1.165, 1.54) is 0 Å². The Morgan fingerprint density at radius 3 is 2.78 bits per heavy atom. The van der Waals surface area contributed by atoms with Gasteiger partial charge < -0.3 is 10.6 Å². The summed E-state index contributed by atoms with van der Waals surface area (Å²) in [5.41, 5.74) is -0.429. The number of hydrogen-bond acceptors (Lipinski definition) is 2. The van der Waals surface area contributed by atoms with E-state index in [4.69, 9.17) is 0 Å². The first-order valence-electron chi connectivity index (χ1n) is 5.22. The molecule has 1 aromatic carbocycles. The Kier molecular flexibility index (Phi) is 3.60. The van der Waals surface area contributed by atoms with Gasteiger partial charge in [-0.05, 0) is 34.5 Å². The fraction of sp³-hybridized carbons (Fsp3) is 0.273. The van der Waals surface area contributed by atoms with Crippen molar-refractivity contribution in [3.63, 3.8) is 0 Å². The molecule has 1 aliphatic heterocycles. The van der Waals surface area contributed by atoms with Crippen LogP contribution in [0.3, 0.4) is 0 Å². The second kappa shape index (κ2) is 5.01. The molecule has 2 N–H and O–H groups in total. The SMILES string of the molecule is O=C(N[C@H]1CCNC1=O)c1cc(F)cc(Br)c1F. The molecule has 0 spiro atoms. The Labute approximate surface area is 110 Å². The van der Waals surface area contributed by atoms with Gasteiger partial charge in [-0.3, -0.25) is 9.59 Å². The Morgan fingerprint density at radius 2 is 2.17 bits per heavy atom. The van der Waals surface area contributed by atoms with Crippen LogP contribution in [0.4, 0.5) is 8.78 Å². The van der Waals surface area contributed by atoms with E-state index in [-0.39, 0.29) is 10.4 Å². The molecule has 4 nitrogen and oxygen atoms in total. The smallest absolute Gasteiger partial charge is 0.255 e. The van der Waals surface area contributed by atoms with Gasteiger partial charge in [-0.2, -0.15) is 0 Å². The lowest BCUT2D eigenvalue weighted by molar-refractivity contribution is -0.120. The van der Waals surface area contributed by atoms with Gasteiger partial charge in [-0.25, -0.2) is 8.78 Å². The van der Waals surface area contributed by atoms with Crippen molar-refractivity contribution < 1.29 is 18.4 Å². The van der Waals surface area contributed by atoms with E-state index in [1.54, 1.807) is 0 Å². The minimum atomic E-state index is -0.854. The molecular weight excluding hydrogens is 310 g/mol. The number of carbonyl (C=O) groups excluding carboxylic acids is 2. The molecule has 1 saturated heterocycles. The lowest BCUT2D eigenvalue weighted by atomic mass is 10.1. The van der Waals surface area contributed by atoms with Gasteiger partial charge in [0.1, 0.15) is 17.7 Å². The average molecular weight is 319 g/mol.